The molecule has 5 nitrogen and oxygen atoms in total. The molecule has 1 amide bonds. The molecule has 0 unspecified atom stereocenters. The molecule has 108 valence electrons. The topological polar surface area (TPSA) is 58.4 Å². The quantitative estimate of drug-likeness (QED) is 0.829. The number of β-amino-alcohol motifs (C(OH)–C–C–N with tert-alkyl or cyclic N) is 1. The third-order valence-corrected chi connectivity index (χ3v) is 4.55. The minimum atomic E-state index is -0.943. The minimum Gasteiger partial charge on any atom is -0.380 e. The number of aromatic nitrogens is 2. The molecule has 0 bridgehead atoms. The van der Waals surface area contributed by atoms with Crippen LogP contribution in [-0.4, -0.2) is 38.8 Å². The molecule has 2 heterocycles. The van der Waals surface area contributed by atoms with Gasteiger partial charge in [0.15, 0.2) is 0 Å². The average molecular weight is 275 g/mol. The summed E-state index contributed by atoms with van der Waals surface area (Å²) in [6.45, 7) is 2.64. The molecule has 0 radical (unpaired) electrons. The number of rotatable bonds is 2. The molecule has 2 aliphatic rings. The van der Waals surface area contributed by atoms with Crippen LogP contribution >= 0.6 is 0 Å². The highest BCUT2D eigenvalue weighted by atomic mass is 16.3. The summed E-state index contributed by atoms with van der Waals surface area (Å²) < 4.78 is 1.67. The fourth-order valence-corrected chi connectivity index (χ4v) is 3.29. The number of carbonyl (C=O) groups is 1. The van der Waals surface area contributed by atoms with Gasteiger partial charge in [-0.15, -0.1) is 0 Å². The zero-order chi connectivity index (χ0) is 14.3. The molecule has 2 fully saturated rings. The van der Waals surface area contributed by atoms with Crippen LogP contribution in [0.5, 0.6) is 0 Å². The summed E-state index contributed by atoms with van der Waals surface area (Å²) >= 11 is 0. The molecule has 1 aromatic heterocycles. The molecular weight excluding hydrogens is 254 g/mol. The Balaban J connectivity index is 1.70. The maximum absolute atomic E-state index is 12.4. The van der Waals surface area contributed by atoms with Gasteiger partial charge in [-0.2, -0.15) is 5.10 Å². The molecule has 0 aromatic carbocycles. The Kier molecular flexibility index (Phi) is 3.17. The summed E-state index contributed by atoms with van der Waals surface area (Å²) in [5, 5.41) is 14.6. The van der Waals surface area contributed by atoms with E-state index < -0.39 is 5.60 Å². The van der Waals surface area contributed by atoms with Crippen molar-refractivity contribution in [2.24, 2.45) is 7.05 Å². The van der Waals surface area contributed by atoms with Crippen LogP contribution in [0.4, 0.5) is 0 Å². The second-order valence-electron chi connectivity index (χ2n) is 5.97. The molecule has 1 aromatic rings. The van der Waals surface area contributed by atoms with E-state index in [2.05, 4.69) is 5.10 Å². The van der Waals surface area contributed by atoms with Crippen LogP contribution in [0.2, 0.25) is 0 Å². The van der Waals surface area contributed by atoms with Crippen molar-refractivity contribution in [3.05, 3.63) is 29.1 Å². The van der Waals surface area contributed by atoms with Gasteiger partial charge in [0.25, 0.3) is 0 Å². The van der Waals surface area contributed by atoms with Crippen LogP contribution in [0, 0.1) is 0 Å². The van der Waals surface area contributed by atoms with Gasteiger partial charge < -0.3 is 10.0 Å². The Morgan fingerprint density at radius 3 is 2.55 bits per heavy atom. The lowest BCUT2D eigenvalue weighted by molar-refractivity contribution is -0.154. The van der Waals surface area contributed by atoms with Crippen LogP contribution in [0.3, 0.4) is 0 Å². The zero-order valence-corrected chi connectivity index (χ0v) is 12.1. The number of likely N-dealkylation sites (tertiary alicyclic amines) is 1. The van der Waals surface area contributed by atoms with Gasteiger partial charge in [0.2, 0.25) is 5.91 Å². The molecule has 3 rings (SSSR count). The average Bonchev–Trinajstić information content (AvgIpc) is 3.04. The monoisotopic (exact) mass is 275 g/mol. The summed E-state index contributed by atoms with van der Waals surface area (Å²) in [4.78, 5) is 14.1. The number of amides is 1. The van der Waals surface area contributed by atoms with Gasteiger partial charge in [-0.3, -0.25) is 9.48 Å². The van der Waals surface area contributed by atoms with Gasteiger partial charge in [-0.25, -0.2) is 0 Å². The Labute approximate surface area is 118 Å². The summed E-state index contributed by atoms with van der Waals surface area (Å²) in [5.74, 6) is 0.0775. The van der Waals surface area contributed by atoms with Crippen LogP contribution < -0.4 is 0 Å². The summed E-state index contributed by atoms with van der Waals surface area (Å²) in [5.41, 5.74) is 2.01. The predicted molar refractivity (Wildman–Crippen MR) is 74.9 cm³/mol. The van der Waals surface area contributed by atoms with Gasteiger partial charge in [-0.1, -0.05) is 5.57 Å². The molecule has 1 aliphatic carbocycles. The van der Waals surface area contributed by atoms with Crippen LogP contribution in [0.15, 0.2) is 23.4 Å². The van der Waals surface area contributed by atoms with E-state index in [1.54, 1.807) is 15.8 Å². The summed E-state index contributed by atoms with van der Waals surface area (Å²) in [6.07, 6.45) is 6.16. The van der Waals surface area contributed by atoms with Crippen molar-refractivity contribution in [2.45, 2.75) is 38.2 Å². The Morgan fingerprint density at radius 1 is 1.35 bits per heavy atom. The number of hydrogen-bond acceptors (Lipinski definition) is 3. The maximum Gasteiger partial charge on any atom is 0.249 e. The highest BCUT2D eigenvalue weighted by molar-refractivity contribution is 5.94. The van der Waals surface area contributed by atoms with E-state index in [9.17, 15) is 9.90 Å². The number of hydrogen-bond donors (Lipinski definition) is 1. The normalized spacial score (nSPS) is 20.9. The van der Waals surface area contributed by atoms with E-state index in [-0.39, 0.29) is 5.91 Å². The van der Waals surface area contributed by atoms with Gasteiger partial charge in [-0.05, 0) is 38.7 Å². The minimum absolute atomic E-state index is 0.0775. The fourth-order valence-electron chi connectivity index (χ4n) is 3.29. The van der Waals surface area contributed by atoms with Gasteiger partial charge in [0.05, 0.1) is 18.8 Å². The molecule has 5 heteroatoms. The SMILES string of the molecule is CC(C(=O)N1CC(O)(c2ccnn2C)C1)=C1CCCC1. The van der Waals surface area contributed by atoms with E-state index in [4.69, 9.17) is 0 Å². The number of aryl methyl sites for hydroxylation is 1. The lowest BCUT2D eigenvalue weighted by Crippen LogP contribution is -2.62. The van der Waals surface area contributed by atoms with Crippen molar-refractivity contribution in [3.63, 3.8) is 0 Å². The van der Waals surface area contributed by atoms with Crippen molar-refractivity contribution in [1.29, 1.82) is 0 Å². The number of allylic oxidation sites excluding steroid dienone is 1. The van der Waals surface area contributed by atoms with E-state index in [0.717, 1.165) is 24.1 Å². The second kappa shape index (κ2) is 4.74. The third-order valence-electron chi connectivity index (χ3n) is 4.55. The molecular formula is C15H21N3O2. The van der Waals surface area contributed by atoms with Gasteiger partial charge in [0, 0.05) is 18.8 Å². The Morgan fingerprint density at radius 2 is 2.00 bits per heavy atom. The molecule has 1 N–H and O–H groups in total. The largest absolute Gasteiger partial charge is 0.380 e. The maximum atomic E-state index is 12.4. The number of aliphatic hydroxyl groups is 1. The molecule has 20 heavy (non-hydrogen) atoms. The van der Waals surface area contributed by atoms with Crippen LogP contribution in [-0.2, 0) is 17.4 Å². The van der Waals surface area contributed by atoms with Crippen molar-refractivity contribution in [2.75, 3.05) is 13.1 Å². The van der Waals surface area contributed by atoms with Crippen molar-refractivity contribution in [1.82, 2.24) is 14.7 Å². The van der Waals surface area contributed by atoms with Gasteiger partial charge in [0.1, 0.15) is 5.60 Å². The highest BCUT2D eigenvalue weighted by Gasteiger charge is 2.47. The van der Waals surface area contributed by atoms with Crippen LogP contribution in [0.25, 0.3) is 0 Å². The van der Waals surface area contributed by atoms with Gasteiger partial charge >= 0.3 is 0 Å². The summed E-state index contributed by atoms with van der Waals surface area (Å²) in [6, 6.07) is 1.81. The fraction of sp³-hybridized carbons (Fsp3) is 0.600. The first-order chi connectivity index (χ1) is 9.51. The summed E-state index contributed by atoms with van der Waals surface area (Å²) in [7, 11) is 1.81. The molecule has 0 atom stereocenters. The third kappa shape index (κ3) is 2.06. The van der Waals surface area contributed by atoms with E-state index in [1.165, 1.54) is 18.4 Å². The van der Waals surface area contributed by atoms with Crippen LogP contribution in [0.1, 0.15) is 38.3 Å². The second-order valence-corrected chi connectivity index (χ2v) is 5.97. The lowest BCUT2D eigenvalue weighted by Gasteiger charge is -2.46. The first-order valence-electron chi connectivity index (χ1n) is 7.20. The zero-order valence-electron chi connectivity index (χ0n) is 12.1. The van der Waals surface area contributed by atoms with Crippen molar-refractivity contribution < 1.29 is 9.90 Å². The smallest absolute Gasteiger partial charge is 0.249 e. The molecule has 1 saturated heterocycles. The molecule has 1 saturated carbocycles. The van der Waals surface area contributed by atoms with E-state index >= 15 is 0 Å². The van der Waals surface area contributed by atoms with E-state index in [1.807, 2.05) is 20.0 Å². The lowest BCUT2D eigenvalue weighted by atomic mass is 9.89. The molecule has 0 spiro atoms. The number of carbonyl (C=O) groups excluding carboxylic acids is 1. The van der Waals surface area contributed by atoms with Crippen molar-refractivity contribution in [3.8, 4) is 0 Å². The number of nitrogens with zero attached hydrogens (tertiary/aromatic N) is 3. The Bertz CT molecular complexity index is 559. The first-order valence-corrected chi connectivity index (χ1v) is 7.20. The molecule has 1 aliphatic heterocycles. The predicted octanol–water partition coefficient (Wildman–Crippen LogP) is 1.34. The standard InChI is InChI=1S/C15H21N3O2/c1-11(12-5-3-4-6-12)14(19)18-9-15(20,10-18)13-7-8-16-17(13)2/h7-8,20H,3-6,9-10H2,1-2H3. The highest BCUT2D eigenvalue weighted by Crippen LogP contribution is 2.34. The first kappa shape index (κ1) is 13.4. The van der Waals surface area contributed by atoms with Crippen molar-refractivity contribution >= 4 is 5.91 Å². The van der Waals surface area contributed by atoms with E-state index in [0.29, 0.717) is 13.1 Å². The Hall–Kier alpha value is -1.62.